The van der Waals surface area contributed by atoms with Crippen molar-refractivity contribution in [2.75, 3.05) is 31.1 Å². The molecule has 0 bridgehead atoms. The third-order valence-corrected chi connectivity index (χ3v) is 5.31. The van der Waals surface area contributed by atoms with Gasteiger partial charge in [0, 0.05) is 44.5 Å². The molecule has 2 heterocycles. The molecule has 0 saturated carbocycles. The molecule has 4 heteroatoms. The lowest BCUT2D eigenvalue weighted by molar-refractivity contribution is 0.138. The van der Waals surface area contributed by atoms with E-state index in [1.54, 1.807) is 0 Å². The zero-order valence-corrected chi connectivity index (χ0v) is 14.8. The molecule has 4 nitrogen and oxygen atoms in total. The average molecular weight is 335 g/mol. The van der Waals surface area contributed by atoms with Crippen LogP contribution < -0.4 is 4.90 Å². The largest absolute Gasteiger partial charge is 0.324 e. The van der Waals surface area contributed by atoms with Gasteiger partial charge in [-0.25, -0.2) is 4.79 Å². The van der Waals surface area contributed by atoms with E-state index in [4.69, 9.17) is 0 Å². The Labute approximate surface area is 149 Å². The number of rotatable bonds is 2. The van der Waals surface area contributed by atoms with Crippen molar-refractivity contribution in [2.24, 2.45) is 0 Å². The van der Waals surface area contributed by atoms with E-state index in [1.165, 1.54) is 11.1 Å². The van der Waals surface area contributed by atoms with Gasteiger partial charge in [-0.3, -0.25) is 9.80 Å². The van der Waals surface area contributed by atoms with Gasteiger partial charge in [0.05, 0.1) is 0 Å². The van der Waals surface area contributed by atoms with Crippen LogP contribution in [0.15, 0.2) is 54.6 Å². The summed E-state index contributed by atoms with van der Waals surface area (Å²) in [7, 11) is 0. The summed E-state index contributed by atoms with van der Waals surface area (Å²) in [5, 5.41) is 0. The number of amides is 2. The van der Waals surface area contributed by atoms with Crippen LogP contribution in [0.25, 0.3) is 0 Å². The fraction of sp³-hybridized carbons (Fsp3) is 0.381. The molecule has 0 N–H and O–H groups in total. The third kappa shape index (κ3) is 3.27. The molecule has 2 aromatic carbocycles. The van der Waals surface area contributed by atoms with Gasteiger partial charge in [0.25, 0.3) is 0 Å². The topological polar surface area (TPSA) is 26.8 Å². The van der Waals surface area contributed by atoms with E-state index in [1.807, 2.05) is 15.9 Å². The summed E-state index contributed by atoms with van der Waals surface area (Å²) < 4.78 is 0. The summed E-state index contributed by atoms with van der Waals surface area (Å²) in [6, 6.07) is 19.2. The van der Waals surface area contributed by atoms with Crippen molar-refractivity contribution in [1.29, 1.82) is 0 Å². The van der Waals surface area contributed by atoms with E-state index >= 15 is 0 Å². The molecular weight excluding hydrogens is 310 g/mol. The zero-order valence-electron chi connectivity index (χ0n) is 14.8. The number of hydrogen-bond donors (Lipinski definition) is 0. The first kappa shape index (κ1) is 16.2. The van der Waals surface area contributed by atoms with E-state index in [9.17, 15) is 4.79 Å². The van der Waals surface area contributed by atoms with Crippen LogP contribution in [0.1, 0.15) is 18.1 Å². The monoisotopic (exact) mass is 335 g/mol. The van der Waals surface area contributed by atoms with Gasteiger partial charge in [-0.2, -0.15) is 0 Å². The number of piperazine rings is 1. The van der Waals surface area contributed by atoms with Gasteiger partial charge in [0.15, 0.2) is 0 Å². The molecule has 2 amide bonds. The first-order valence-electron chi connectivity index (χ1n) is 9.15. The number of para-hydroxylation sites is 1. The summed E-state index contributed by atoms with van der Waals surface area (Å²) in [5.41, 5.74) is 3.71. The summed E-state index contributed by atoms with van der Waals surface area (Å²) in [4.78, 5) is 19.5. The molecule has 1 atom stereocenters. The number of benzene rings is 2. The number of anilines is 1. The van der Waals surface area contributed by atoms with Crippen LogP contribution >= 0.6 is 0 Å². The highest BCUT2D eigenvalue weighted by Gasteiger charge is 2.34. The highest BCUT2D eigenvalue weighted by molar-refractivity contribution is 5.95. The predicted molar refractivity (Wildman–Crippen MR) is 101 cm³/mol. The molecule has 1 unspecified atom stereocenters. The van der Waals surface area contributed by atoms with E-state index in [0.717, 1.165) is 44.8 Å². The molecular formula is C21H25N3O. The summed E-state index contributed by atoms with van der Waals surface area (Å²) >= 11 is 0. The maximum absolute atomic E-state index is 13.1. The number of fused-ring (bicyclic) bond motifs is 1. The summed E-state index contributed by atoms with van der Waals surface area (Å²) in [6.45, 7) is 6.58. The molecule has 2 aliphatic heterocycles. The van der Waals surface area contributed by atoms with Gasteiger partial charge in [-0.15, -0.1) is 0 Å². The standard InChI is InChI=1S/C21H25N3O/c1-17-15-19-9-5-6-10-20(19)24(17)21(25)23-13-11-22(12-14-23)16-18-7-3-2-4-8-18/h2-10,17H,11-16H2,1H3. The normalized spacial score (nSPS) is 20.6. The minimum atomic E-state index is 0.164. The Kier molecular flexibility index (Phi) is 4.45. The van der Waals surface area contributed by atoms with Crippen molar-refractivity contribution in [3.05, 3.63) is 65.7 Å². The van der Waals surface area contributed by atoms with Crippen molar-refractivity contribution >= 4 is 11.7 Å². The Morgan fingerprint density at radius 3 is 2.40 bits per heavy atom. The van der Waals surface area contributed by atoms with Gasteiger partial charge in [-0.1, -0.05) is 48.5 Å². The van der Waals surface area contributed by atoms with Gasteiger partial charge >= 0.3 is 6.03 Å². The zero-order chi connectivity index (χ0) is 17.2. The van der Waals surface area contributed by atoms with Crippen molar-refractivity contribution in [3.8, 4) is 0 Å². The quantitative estimate of drug-likeness (QED) is 0.841. The fourth-order valence-electron chi connectivity index (χ4n) is 3.95. The Hall–Kier alpha value is -2.33. The molecule has 0 spiro atoms. The van der Waals surface area contributed by atoms with E-state index in [0.29, 0.717) is 0 Å². The maximum Gasteiger partial charge on any atom is 0.324 e. The van der Waals surface area contributed by atoms with E-state index < -0.39 is 0 Å². The van der Waals surface area contributed by atoms with Crippen LogP contribution in [-0.2, 0) is 13.0 Å². The second-order valence-electron chi connectivity index (χ2n) is 7.08. The van der Waals surface area contributed by atoms with Gasteiger partial charge < -0.3 is 4.90 Å². The van der Waals surface area contributed by atoms with Crippen LogP contribution in [0.5, 0.6) is 0 Å². The van der Waals surface area contributed by atoms with Crippen molar-refractivity contribution in [2.45, 2.75) is 25.9 Å². The Morgan fingerprint density at radius 1 is 0.960 bits per heavy atom. The lowest BCUT2D eigenvalue weighted by Crippen LogP contribution is -2.53. The molecule has 0 aromatic heterocycles. The number of carbonyl (C=O) groups is 1. The van der Waals surface area contributed by atoms with Crippen LogP contribution in [0, 0.1) is 0 Å². The highest BCUT2D eigenvalue weighted by atomic mass is 16.2. The second-order valence-corrected chi connectivity index (χ2v) is 7.08. The van der Waals surface area contributed by atoms with Crippen molar-refractivity contribution in [1.82, 2.24) is 9.80 Å². The average Bonchev–Trinajstić information content (AvgIpc) is 2.98. The van der Waals surface area contributed by atoms with E-state index in [-0.39, 0.29) is 12.1 Å². The van der Waals surface area contributed by atoms with Crippen molar-refractivity contribution < 1.29 is 4.79 Å². The van der Waals surface area contributed by atoms with Crippen LogP contribution in [0.4, 0.5) is 10.5 Å². The smallest absolute Gasteiger partial charge is 0.322 e. The SMILES string of the molecule is CC1Cc2ccccc2N1C(=O)N1CCN(Cc2ccccc2)CC1. The number of carbonyl (C=O) groups excluding carboxylic acids is 1. The van der Waals surface area contributed by atoms with Gasteiger partial charge in [-0.05, 0) is 30.5 Å². The number of hydrogen-bond acceptors (Lipinski definition) is 2. The summed E-state index contributed by atoms with van der Waals surface area (Å²) in [6.07, 6.45) is 0.954. The van der Waals surface area contributed by atoms with Crippen LogP contribution in [0.2, 0.25) is 0 Å². The minimum Gasteiger partial charge on any atom is -0.322 e. The van der Waals surface area contributed by atoms with Gasteiger partial charge in [0.1, 0.15) is 0 Å². The molecule has 0 aliphatic carbocycles. The molecule has 1 fully saturated rings. The first-order chi connectivity index (χ1) is 12.2. The molecule has 1 saturated heterocycles. The molecule has 4 rings (SSSR count). The summed E-state index contributed by atoms with van der Waals surface area (Å²) in [5.74, 6) is 0. The molecule has 25 heavy (non-hydrogen) atoms. The van der Waals surface area contributed by atoms with Crippen LogP contribution in [-0.4, -0.2) is 48.1 Å². The first-order valence-corrected chi connectivity index (χ1v) is 9.15. The second kappa shape index (κ2) is 6.89. The number of nitrogens with zero attached hydrogens (tertiary/aromatic N) is 3. The minimum absolute atomic E-state index is 0.164. The Balaban J connectivity index is 1.39. The molecule has 2 aromatic rings. The molecule has 2 aliphatic rings. The number of urea groups is 1. The van der Waals surface area contributed by atoms with Crippen LogP contribution in [0.3, 0.4) is 0 Å². The Bertz CT molecular complexity index is 738. The van der Waals surface area contributed by atoms with Gasteiger partial charge in [0.2, 0.25) is 0 Å². The lowest BCUT2D eigenvalue weighted by Gasteiger charge is -2.37. The molecule has 130 valence electrons. The third-order valence-electron chi connectivity index (χ3n) is 5.31. The highest BCUT2D eigenvalue weighted by Crippen LogP contribution is 2.32. The van der Waals surface area contributed by atoms with Crippen molar-refractivity contribution in [3.63, 3.8) is 0 Å². The maximum atomic E-state index is 13.1. The predicted octanol–water partition coefficient (Wildman–Crippen LogP) is 3.38. The fourth-order valence-corrected chi connectivity index (χ4v) is 3.95. The molecule has 0 radical (unpaired) electrons. The Morgan fingerprint density at radius 2 is 1.64 bits per heavy atom. The van der Waals surface area contributed by atoms with E-state index in [2.05, 4.69) is 60.4 Å². The lowest BCUT2D eigenvalue weighted by atomic mass is 10.1.